The van der Waals surface area contributed by atoms with Crippen molar-refractivity contribution in [3.63, 3.8) is 0 Å². The number of halogens is 2. The average molecular weight is 649 g/mol. The van der Waals surface area contributed by atoms with Crippen LogP contribution in [-0.4, -0.2) is 27.8 Å². The van der Waals surface area contributed by atoms with Gasteiger partial charge in [-0.05, 0) is 111 Å². The van der Waals surface area contributed by atoms with Gasteiger partial charge in [-0.3, -0.25) is 4.98 Å². The van der Waals surface area contributed by atoms with Gasteiger partial charge in [0.25, 0.3) is 0 Å². The summed E-state index contributed by atoms with van der Waals surface area (Å²) in [6, 6.07) is 23.0. The fourth-order valence-electron chi connectivity index (χ4n) is 6.79. The van der Waals surface area contributed by atoms with Crippen LogP contribution in [0.1, 0.15) is 55.0 Å². The number of nitrogens with zero attached hydrogens (tertiary/aromatic N) is 4. The quantitative estimate of drug-likeness (QED) is 0.220. The van der Waals surface area contributed by atoms with Crippen LogP contribution in [0.2, 0.25) is 5.02 Å². The van der Waals surface area contributed by atoms with E-state index in [0.717, 1.165) is 45.3 Å². The van der Waals surface area contributed by atoms with E-state index in [1.807, 2.05) is 18.3 Å². The number of aromatic nitrogens is 2. The predicted molar refractivity (Wildman–Crippen MR) is 177 cm³/mol. The first kappa shape index (κ1) is 28.3. The van der Waals surface area contributed by atoms with Gasteiger partial charge in [-0.15, -0.1) is 0 Å². The molecule has 0 saturated carbocycles. The minimum absolute atomic E-state index is 0.107. The van der Waals surface area contributed by atoms with Gasteiger partial charge in [0.1, 0.15) is 0 Å². The van der Waals surface area contributed by atoms with Gasteiger partial charge in [0.2, 0.25) is 0 Å². The van der Waals surface area contributed by atoms with Crippen LogP contribution in [0.4, 0.5) is 11.4 Å². The van der Waals surface area contributed by atoms with E-state index in [4.69, 9.17) is 28.8 Å². The van der Waals surface area contributed by atoms with Gasteiger partial charge in [-0.25, -0.2) is 0 Å². The smallest absolute Gasteiger partial charge is 0.174 e. The number of piperidine rings is 1. The summed E-state index contributed by atoms with van der Waals surface area (Å²) >= 11 is 16.6. The van der Waals surface area contributed by atoms with Gasteiger partial charge < -0.3 is 19.7 Å². The number of rotatable bonds is 5. The van der Waals surface area contributed by atoms with Crippen LogP contribution < -0.4 is 15.1 Å². The third-order valence-corrected chi connectivity index (χ3v) is 9.54. The minimum Gasteiger partial charge on any atom is -0.370 e. The lowest BCUT2D eigenvalue weighted by Gasteiger charge is -2.37. The normalized spacial score (nSPS) is 22.7. The number of thiocarbonyl (C=S) groups is 1. The molecule has 2 fully saturated rings. The zero-order valence-electron chi connectivity index (χ0n) is 23.8. The molecule has 212 valence electrons. The molecule has 8 heteroatoms. The van der Waals surface area contributed by atoms with E-state index in [-0.39, 0.29) is 12.1 Å². The third kappa shape index (κ3) is 5.40. The number of hydrogen-bond acceptors (Lipinski definition) is 3. The molecule has 2 aromatic heterocycles. The largest absolute Gasteiger partial charge is 0.370 e. The molecule has 0 spiro atoms. The van der Waals surface area contributed by atoms with Crippen LogP contribution in [0.5, 0.6) is 0 Å². The molecule has 2 aliphatic heterocycles. The van der Waals surface area contributed by atoms with Crippen LogP contribution in [0.25, 0.3) is 5.69 Å². The van der Waals surface area contributed by atoms with Gasteiger partial charge in [-0.1, -0.05) is 47.4 Å². The molecule has 0 bridgehead atoms. The Kier molecular flexibility index (Phi) is 7.88. The highest BCUT2D eigenvalue weighted by atomic mass is 79.9. The second kappa shape index (κ2) is 11.4. The first-order valence-corrected chi connectivity index (χ1v) is 15.8. The Hall–Kier alpha value is -2.87. The maximum Gasteiger partial charge on any atom is 0.174 e. The van der Waals surface area contributed by atoms with Gasteiger partial charge in [0.05, 0.1) is 28.5 Å². The van der Waals surface area contributed by atoms with Crippen molar-refractivity contribution in [2.24, 2.45) is 11.8 Å². The molecular weight excluding hydrogens is 614 g/mol. The summed E-state index contributed by atoms with van der Waals surface area (Å²) in [4.78, 5) is 9.40. The average Bonchev–Trinajstić information content (AvgIpc) is 3.44. The zero-order chi connectivity index (χ0) is 28.8. The monoisotopic (exact) mass is 647 g/mol. The molecule has 4 atom stereocenters. The third-order valence-electron chi connectivity index (χ3n) is 8.39. The molecule has 4 heterocycles. The van der Waals surface area contributed by atoms with E-state index in [1.54, 1.807) is 0 Å². The van der Waals surface area contributed by atoms with E-state index in [9.17, 15) is 0 Å². The van der Waals surface area contributed by atoms with Crippen molar-refractivity contribution in [3.05, 3.63) is 105 Å². The number of aryl methyl sites for hydroxylation is 1. The van der Waals surface area contributed by atoms with E-state index >= 15 is 0 Å². The Morgan fingerprint density at radius 3 is 2.32 bits per heavy atom. The molecule has 0 unspecified atom stereocenters. The van der Waals surface area contributed by atoms with E-state index in [1.165, 1.54) is 23.4 Å². The molecule has 0 amide bonds. The van der Waals surface area contributed by atoms with Crippen LogP contribution >= 0.6 is 39.7 Å². The summed E-state index contributed by atoms with van der Waals surface area (Å²) < 4.78 is 3.37. The van der Waals surface area contributed by atoms with Gasteiger partial charge >= 0.3 is 0 Å². The first-order chi connectivity index (χ1) is 19.7. The number of nitrogens with one attached hydrogen (secondary N) is 1. The molecule has 41 heavy (non-hydrogen) atoms. The summed E-state index contributed by atoms with van der Waals surface area (Å²) in [5.41, 5.74) is 7.69. The van der Waals surface area contributed by atoms with E-state index in [0.29, 0.717) is 16.9 Å². The molecular formula is C33H35BrClN5S. The zero-order valence-corrected chi connectivity index (χ0v) is 27.0. The summed E-state index contributed by atoms with van der Waals surface area (Å²) in [7, 11) is 0. The van der Waals surface area contributed by atoms with Crippen molar-refractivity contribution in [1.82, 2.24) is 14.9 Å². The fourth-order valence-corrected chi connectivity index (χ4v) is 7.69. The van der Waals surface area contributed by atoms with Crippen molar-refractivity contribution < 1.29 is 0 Å². The lowest BCUT2D eigenvalue weighted by Crippen LogP contribution is -2.38. The van der Waals surface area contributed by atoms with Crippen LogP contribution in [0.3, 0.4) is 0 Å². The lowest BCUT2D eigenvalue weighted by atomic mass is 9.91. The SMILES string of the molecule is Cc1cc([C@@H]2[C@H](c3ccccn3)NC(=S)N2c2ccc(N3C[C@H](C)C[C@@H](C)C3)c(Cl)c2)c(C)n1-c1ccc(Br)cc1. The van der Waals surface area contributed by atoms with Crippen molar-refractivity contribution in [1.29, 1.82) is 0 Å². The van der Waals surface area contributed by atoms with Crippen molar-refractivity contribution in [2.75, 3.05) is 22.9 Å². The molecule has 2 aromatic carbocycles. The second-order valence-corrected chi connectivity index (χ2v) is 13.3. The standard InChI is InChI=1S/C33H35BrClN5S/c1-20-15-21(2)19-38(18-20)30-13-12-26(17-28(30)35)40-32(31(37-33(40)41)29-7-5-6-14-36-29)27-16-22(3)39(23(27)4)25-10-8-24(34)9-11-25/h5-14,16-17,20-21,31-32H,15,18-19H2,1-4H3,(H,37,41)/t20-,21-,31+,32-/m1/s1. The molecule has 4 aromatic rings. The molecule has 1 N–H and O–H groups in total. The second-order valence-electron chi connectivity index (χ2n) is 11.6. The summed E-state index contributed by atoms with van der Waals surface area (Å²) in [5.74, 6) is 1.30. The number of hydrogen-bond donors (Lipinski definition) is 1. The van der Waals surface area contributed by atoms with Crippen molar-refractivity contribution in [3.8, 4) is 5.69 Å². The van der Waals surface area contributed by atoms with Gasteiger partial charge in [0, 0.05) is 46.5 Å². The predicted octanol–water partition coefficient (Wildman–Crippen LogP) is 8.56. The lowest BCUT2D eigenvalue weighted by molar-refractivity contribution is 0.357. The highest BCUT2D eigenvalue weighted by molar-refractivity contribution is 9.10. The molecule has 6 rings (SSSR count). The Balaban J connectivity index is 1.44. The molecule has 2 aliphatic rings. The Morgan fingerprint density at radius 2 is 1.66 bits per heavy atom. The number of pyridine rings is 1. The molecule has 0 aliphatic carbocycles. The topological polar surface area (TPSA) is 36.3 Å². The maximum absolute atomic E-state index is 7.03. The summed E-state index contributed by atoms with van der Waals surface area (Å²) in [6.07, 6.45) is 3.10. The van der Waals surface area contributed by atoms with Crippen LogP contribution in [0, 0.1) is 25.7 Å². The summed E-state index contributed by atoms with van der Waals surface area (Å²) in [5, 5.41) is 5.03. The van der Waals surface area contributed by atoms with Gasteiger partial charge in [0.15, 0.2) is 5.11 Å². The van der Waals surface area contributed by atoms with Crippen LogP contribution in [-0.2, 0) is 0 Å². The van der Waals surface area contributed by atoms with Gasteiger partial charge in [-0.2, -0.15) is 0 Å². The minimum atomic E-state index is -0.121. The molecule has 0 radical (unpaired) electrons. The van der Waals surface area contributed by atoms with E-state index < -0.39 is 0 Å². The highest BCUT2D eigenvalue weighted by Gasteiger charge is 2.42. The Labute approximate surface area is 261 Å². The Bertz CT molecular complexity index is 1560. The Morgan fingerprint density at radius 1 is 0.951 bits per heavy atom. The highest BCUT2D eigenvalue weighted by Crippen LogP contribution is 2.45. The summed E-state index contributed by atoms with van der Waals surface area (Å²) in [6.45, 7) is 11.1. The van der Waals surface area contributed by atoms with Crippen LogP contribution in [0.15, 0.2) is 77.4 Å². The maximum atomic E-state index is 7.03. The van der Waals surface area contributed by atoms with Crippen molar-refractivity contribution in [2.45, 2.75) is 46.2 Å². The number of benzene rings is 2. The van der Waals surface area contributed by atoms with E-state index in [2.05, 4.69) is 118 Å². The first-order valence-electron chi connectivity index (χ1n) is 14.2. The van der Waals surface area contributed by atoms with Crippen molar-refractivity contribution >= 4 is 56.2 Å². The number of anilines is 2. The molecule has 5 nitrogen and oxygen atoms in total. The molecule has 2 saturated heterocycles. The fraction of sp³-hybridized carbons (Fsp3) is 0.333.